The Bertz CT molecular complexity index is 951. The molecule has 1 aliphatic rings. The number of amides is 1. The highest BCUT2D eigenvalue weighted by atomic mass is 16.5. The van der Waals surface area contributed by atoms with Crippen LogP contribution in [0, 0.1) is 13.8 Å². The van der Waals surface area contributed by atoms with Gasteiger partial charge in [0.05, 0.1) is 24.1 Å². The van der Waals surface area contributed by atoms with E-state index in [1.165, 1.54) is 0 Å². The molecule has 6 nitrogen and oxygen atoms in total. The first-order chi connectivity index (χ1) is 13.1. The minimum absolute atomic E-state index is 0.0248. The van der Waals surface area contributed by atoms with Gasteiger partial charge in [0.1, 0.15) is 11.3 Å². The van der Waals surface area contributed by atoms with Gasteiger partial charge in [0.2, 0.25) is 0 Å². The molecule has 0 saturated carbocycles. The Morgan fingerprint density at radius 1 is 1.26 bits per heavy atom. The summed E-state index contributed by atoms with van der Waals surface area (Å²) in [4.78, 5) is 24.0. The van der Waals surface area contributed by atoms with Gasteiger partial charge in [-0.15, -0.1) is 0 Å². The number of imidazole rings is 1. The van der Waals surface area contributed by atoms with Crippen molar-refractivity contribution in [1.82, 2.24) is 19.3 Å². The highest BCUT2D eigenvalue weighted by Gasteiger charge is 2.28. The molecule has 0 aliphatic carbocycles. The summed E-state index contributed by atoms with van der Waals surface area (Å²) in [5.41, 5.74) is 4.24. The number of carbonyl (C=O) groups excluding carboxylic acids is 1. The van der Waals surface area contributed by atoms with E-state index in [1.807, 2.05) is 59.7 Å². The van der Waals surface area contributed by atoms with Crippen LogP contribution >= 0.6 is 0 Å². The number of fused-ring (bicyclic) bond motifs is 1. The lowest BCUT2D eigenvalue weighted by Gasteiger charge is -2.32. The number of pyridine rings is 2. The van der Waals surface area contributed by atoms with E-state index < -0.39 is 0 Å². The number of rotatable bonds is 4. The first kappa shape index (κ1) is 17.7. The van der Waals surface area contributed by atoms with Crippen molar-refractivity contribution in [3.05, 3.63) is 65.4 Å². The lowest BCUT2D eigenvalue weighted by Crippen LogP contribution is -2.43. The monoisotopic (exact) mass is 364 g/mol. The van der Waals surface area contributed by atoms with Crippen LogP contribution in [0.1, 0.15) is 40.3 Å². The Morgan fingerprint density at radius 2 is 2.15 bits per heavy atom. The van der Waals surface area contributed by atoms with Crippen LogP contribution in [0.25, 0.3) is 5.65 Å². The van der Waals surface area contributed by atoms with E-state index in [0.717, 1.165) is 42.0 Å². The molecule has 0 aromatic carbocycles. The van der Waals surface area contributed by atoms with Crippen LogP contribution in [-0.4, -0.2) is 44.4 Å². The van der Waals surface area contributed by atoms with Crippen molar-refractivity contribution < 1.29 is 9.53 Å². The fraction of sp³-hybridized carbons (Fsp3) is 0.381. The summed E-state index contributed by atoms with van der Waals surface area (Å²) < 4.78 is 7.93. The van der Waals surface area contributed by atoms with E-state index in [-0.39, 0.29) is 12.0 Å². The minimum atomic E-state index is 0.0248. The maximum atomic E-state index is 13.2. The number of ether oxygens (including phenoxy) is 1. The normalized spacial score (nSPS) is 17.4. The van der Waals surface area contributed by atoms with Gasteiger partial charge in [-0.25, -0.2) is 4.98 Å². The number of likely N-dealkylation sites (tertiary alicyclic amines) is 1. The number of aryl methyl sites for hydroxylation is 2. The number of hydrogen-bond donors (Lipinski definition) is 0. The number of hydrogen-bond acceptors (Lipinski definition) is 4. The van der Waals surface area contributed by atoms with E-state index in [0.29, 0.717) is 18.8 Å². The van der Waals surface area contributed by atoms with Crippen molar-refractivity contribution in [2.75, 3.05) is 13.1 Å². The molecular weight excluding hydrogens is 340 g/mol. The van der Waals surface area contributed by atoms with E-state index in [1.54, 1.807) is 6.20 Å². The van der Waals surface area contributed by atoms with Crippen molar-refractivity contribution in [2.45, 2.75) is 39.4 Å². The molecule has 0 radical (unpaired) electrons. The zero-order chi connectivity index (χ0) is 18.8. The smallest absolute Gasteiger partial charge is 0.272 e. The topological polar surface area (TPSA) is 59.7 Å². The third kappa shape index (κ3) is 3.71. The van der Waals surface area contributed by atoms with Gasteiger partial charge >= 0.3 is 0 Å². The molecule has 1 fully saturated rings. The van der Waals surface area contributed by atoms with E-state index in [2.05, 4.69) is 9.97 Å². The standard InChI is InChI=1S/C21H24N4O2/c1-15-8-9-19-23-16(2)20(25(19)12-15)21(26)24-11-5-7-18(13-24)27-14-17-6-3-4-10-22-17/h3-4,6,8-10,12,18H,5,7,11,13-14H2,1-2H3/t18-/m0/s1. The summed E-state index contributed by atoms with van der Waals surface area (Å²) in [6.45, 7) is 5.74. The third-order valence-corrected chi connectivity index (χ3v) is 5.00. The second kappa shape index (κ2) is 7.48. The summed E-state index contributed by atoms with van der Waals surface area (Å²) >= 11 is 0. The molecule has 27 heavy (non-hydrogen) atoms. The number of carbonyl (C=O) groups is 1. The van der Waals surface area contributed by atoms with Crippen molar-refractivity contribution in [3.8, 4) is 0 Å². The van der Waals surface area contributed by atoms with Gasteiger partial charge in [-0.3, -0.25) is 14.2 Å². The summed E-state index contributed by atoms with van der Waals surface area (Å²) in [6.07, 6.45) is 5.67. The number of nitrogens with zero attached hydrogens (tertiary/aromatic N) is 4. The molecule has 4 rings (SSSR count). The molecule has 0 unspecified atom stereocenters. The zero-order valence-corrected chi connectivity index (χ0v) is 15.8. The molecule has 0 bridgehead atoms. The van der Waals surface area contributed by atoms with Crippen molar-refractivity contribution >= 4 is 11.6 Å². The molecule has 1 amide bonds. The zero-order valence-electron chi connectivity index (χ0n) is 15.8. The summed E-state index contributed by atoms with van der Waals surface area (Å²) in [5.74, 6) is 0.0248. The first-order valence-corrected chi connectivity index (χ1v) is 9.38. The molecule has 3 aromatic heterocycles. The van der Waals surface area contributed by atoms with Crippen LogP contribution in [0.15, 0.2) is 42.7 Å². The average molecular weight is 364 g/mol. The second-order valence-corrected chi connectivity index (χ2v) is 7.13. The van der Waals surface area contributed by atoms with Crippen molar-refractivity contribution in [2.24, 2.45) is 0 Å². The molecule has 1 aliphatic heterocycles. The lowest BCUT2D eigenvalue weighted by atomic mass is 10.1. The Hall–Kier alpha value is -2.73. The molecule has 0 spiro atoms. The molecule has 1 saturated heterocycles. The maximum absolute atomic E-state index is 13.2. The van der Waals surface area contributed by atoms with Gasteiger partial charge in [-0.05, 0) is 50.5 Å². The first-order valence-electron chi connectivity index (χ1n) is 9.38. The minimum Gasteiger partial charge on any atom is -0.370 e. The maximum Gasteiger partial charge on any atom is 0.272 e. The highest BCUT2D eigenvalue weighted by molar-refractivity contribution is 5.94. The fourth-order valence-electron chi connectivity index (χ4n) is 3.62. The largest absolute Gasteiger partial charge is 0.370 e. The van der Waals surface area contributed by atoms with E-state index >= 15 is 0 Å². The molecule has 1 atom stereocenters. The molecule has 6 heteroatoms. The Balaban J connectivity index is 1.49. The second-order valence-electron chi connectivity index (χ2n) is 7.13. The third-order valence-electron chi connectivity index (χ3n) is 5.00. The molecule has 0 N–H and O–H groups in total. The van der Waals surface area contributed by atoms with Crippen LogP contribution in [0.4, 0.5) is 0 Å². The van der Waals surface area contributed by atoms with Crippen molar-refractivity contribution in [3.63, 3.8) is 0 Å². The van der Waals surface area contributed by atoms with Gasteiger partial charge < -0.3 is 9.64 Å². The van der Waals surface area contributed by atoms with Crippen LogP contribution in [0.3, 0.4) is 0 Å². The van der Waals surface area contributed by atoms with Crippen LogP contribution in [0.2, 0.25) is 0 Å². The molecular formula is C21H24N4O2. The van der Waals surface area contributed by atoms with Gasteiger partial charge in [-0.2, -0.15) is 0 Å². The van der Waals surface area contributed by atoms with E-state index in [4.69, 9.17) is 4.74 Å². The van der Waals surface area contributed by atoms with Gasteiger partial charge in [-0.1, -0.05) is 12.1 Å². The number of aromatic nitrogens is 3. The average Bonchev–Trinajstić information content (AvgIpc) is 3.02. The molecule has 140 valence electrons. The van der Waals surface area contributed by atoms with Gasteiger partial charge in [0, 0.05) is 25.5 Å². The quantitative estimate of drug-likeness (QED) is 0.713. The summed E-state index contributed by atoms with van der Waals surface area (Å²) in [7, 11) is 0. The molecule has 3 aromatic rings. The van der Waals surface area contributed by atoms with Crippen LogP contribution < -0.4 is 0 Å². The van der Waals surface area contributed by atoms with Crippen LogP contribution in [-0.2, 0) is 11.3 Å². The predicted octanol–water partition coefficient (Wildman–Crippen LogP) is 3.17. The van der Waals surface area contributed by atoms with Crippen LogP contribution in [0.5, 0.6) is 0 Å². The van der Waals surface area contributed by atoms with Gasteiger partial charge in [0.25, 0.3) is 5.91 Å². The van der Waals surface area contributed by atoms with Crippen molar-refractivity contribution in [1.29, 1.82) is 0 Å². The van der Waals surface area contributed by atoms with E-state index in [9.17, 15) is 4.79 Å². The Morgan fingerprint density at radius 3 is 2.96 bits per heavy atom. The number of piperidine rings is 1. The van der Waals surface area contributed by atoms with Gasteiger partial charge in [0.15, 0.2) is 0 Å². The highest BCUT2D eigenvalue weighted by Crippen LogP contribution is 2.20. The SMILES string of the molecule is Cc1ccc2nc(C)c(C(=O)N3CCC[C@H](OCc4ccccn4)C3)n2c1. The predicted molar refractivity (Wildman–Crippen MR) is 103 cm³/mol. The lowest BCUT2D eigenvalue weighted by molar-refractivity contribution is -0.00806. The Labute approximate surface area is 158 Å². The Kier molecular flexibility index (Phi) is 4.90. The summed E-state index contributed by atoms with van der Waals surface area (Å²) in [5, 5.41) is 0. The molecule has 4 heterocycles. The fourth-order valence-corrected chi connectivity index (χ4v) is 3.62. The summed E-state index contributed by atoms with van der Waals surface area (Å²) in [6, 6.07) is 9.77.